The monoisotopic (exact) mass is 235 g/mol. The molecule has 0 aliphatic carbocycles. The van der Waals surface area contributed by atoms with Crippen molar-refractivity contribution in [3.63, 3.8) is 0 Å². The van der Waals surface area contributed by atoms with E-state index in [1.54, 1.807) is 12.4 Å². The van der Waals surface area contributed by atoms with Crippen LogP contribution in [0.4, 0.5) is 5.69 Å². The second-order valence-electron chi connectivity index (χ2n) is 4.41. The highest BCUT2D eigenvalue weighted by molar-refractivity contribution is 5.99. The maximum absolute atomic E-state index is 12.3. The van der Waals surface area contributed by atoms with Gasteiger partial charge in [0, 0.05) is 38.2 Å². The number of rotatable bonds is 5. The predicted molar refractivity (Wildman–Crippen MR) is 70.2 cm³/mol. The van der Waals surface area contributed by atoms with Crippen molar-refractivity contribution in [1.82, 2.24) is 9.88 Å². The number of hydrogen-bond donors (Lipinski definition) is 1. The summed E-state index contributed by atoms with van der Waals surface area (Å²) >= 11 is 0. The molecule has 17 heavy (non-hydrogen) atoms. The fourth-order valence-corrected chi connectivity index (χ4v) is 1.75. The van der Waals surface area contributed by atoms with Gasteiger partial charge in [-0.05, 0) is 18.9 Å². The van der Waals surface area contributed by atoms with E-state index in [-0.39, 0.29) is 5.91 Å². The van der Waals surface area contributed by atoms with Crippen LogP contribution in [0.3, 0.4) is 0 Å². The molecule has 1 aromatic heterocycles. The molecule has 0 spiro atoms. The van der Waals surface area contributed by atoms with Crippen molar-refractivity contribution in [2.75, 3.05) is 25.5 Å². The summed E-state index contributed by atoms with van der Waals surface area (Å²) in [5, 5.41) is 3.02. The Balaban J connectivity index is 2.93. The molecule has 1 aromatic rings. The highest BCUT2D eigenvalue weighted by Gasteiger charge is 2.18. The molecule has 4 nitrogen and oxygen atoms in total. The number of carbonyl (C=O) groups excluding carboxylic acids is 1. The lowest BCUT2D eigenvalue weighted by Gasteiger charge is -2.23. The van der Waals surface area contributed by atoms with Crippen LogP contribution in [0.1, 0.15) is 31.1 Å². The Bertz CT molecular complexity index is 377. The Labute approximate surface area is 103 Å². The fourth-order valence-electron chi connectivity index (χ4n) is 1.75. The van der Waals surface area contributed by atoms with Gasteiger partial charge in [0.1, 0.15) is 0 Å². The van der Waals surface area contributed by atoms with E-state index in [2.05, 4.69) is 24.1 Å². The molecule has 0 fully saturated rings. The average Bonchev–Trinajstić information content (AvgIpc) is 2.34. The summed E-state index contributed by atoms with van der Waals surface area (Å²) in [4.78, 5) is 18.2. The number of carbonyl (C=O) groups is 1. The summed E-state index contributed by atoms with van der Waals surface area (Å²) in [6, 6.07) is 1.82. The van der Waals surface area contributed by atoms with Crippen molar-refractivity contribution in [3.8, 4) is 0 Å². The van der Waals surface area contributed by atoms with Crippen LogP contribution < -0.4 is 5.32 Å². The molecule has 1 amide bonds. The number of nitrogens with zero attached hydrogens (tertiary/aromatic N) is 2. The minimum Gasteiger partial charge on any atom is -0.387 e. The van der Waals surface area contributed by atoms with Gasteiger partial charge in [-0.3, -0.25) is 9.78 Å². The zero-order chi connectivity index (χ0) is 12.8. The molecule has 0 radical (unpaired) electrons. The molecule has 0 aliphatic heterocycles. The molecule has 94 valence electrons. The molecule has 4 heteroatoms. The van der Waals surface area contributed by atoms with Crippen molar-refractivity contribution in [2.45, 2.75) is 20.8 Å². The van der Waals surface area contributed by atoms with E-state index in [1.165, 1.54) is 0 Å². The van der Waals surface area contributed by atoms with Crippen LogP contribution >= 0.6 is 0 Å². The smallest absolute Gasteiger partial charge is 0.257 e. The van der Waals surface area contributed by atoms with Gasteiger partial charge in [-0.25, -0.2) is 0 Å². The Morgan fingerprint density at radius 1 is 1.53 bits per heavy atom. The normalized spacial score (nSPS) is 10.4. The maximum Gasteiger partial charge on any atom is 0.257 e. The standard InChI is InChI=1S/C13H21N3O/c1-5-16(9-10(2)3)13(17)11-8-15-7-6-12(11)14-4/h6-8,10H,5,9H2,1-4H3,(H,14,15). The Hall–Kier alpha value is -1.58. The number of nitrogens with one attached hydrogen (secondary N) is 1. The van der Waals surface area contributed by atoms with E-state index < -0.39 is 0 Å². The van der Waals surface area contributed by atoms with Gasteiger partial charge in [-0.1, -0.05) is 13.8 Å². The van der Waals surface area contributed by atoms with Crippen LogP contribution in [0.2, 0.25) is 0 Å². The SMILES string of the molecule is CCN(CC(C)C)C(=O)c1cnccc1NC. The zero-order valence-electron chi connectivity index (χ0n) is 11.0. The van der Waals surface area contributed by atoms with Crippen molar-refractivity contribution in [2.24, 2.45) is 5.92 Å². The minimum atomic E-state index is 0.0404. The predicted octanol–water partition coefficient (Wildman–Crippen LogP) is 2.24. The molecular formula is C13H21N3O. The van der Waals surface area contributed by atoms with Gasteiger partial charge in [-0.2, -0.15) is 0 Å². The van der Waals surface area contributed by atoms with E-state index in [4.69, 9.17) is 0 Å². The number of hydrogen-bond acceptors (Lipinski definition) is 3. The molecule has 0 aliphatic rings. The third-order valence-corrected chi connectivity index (χ3v) is 2.58. The molecule has 1 rings (SSSR count). The van der Waals surface area contributed by atoms with Gasteiger partial charge in [0.25, 0.3) is 5.91 Å². The maximum atomic E-state index is 12.3. The lowest BCUT2D eigenvalue weighted by atomic mass is 10.1. The molecule has 1 N–H and O–H groups in total. The molecule has 0 aromatic carbocycles. The lowest BCUT2D eigenvalue weighted by molar-refractivity contribution is 0.0746. The van der Waals surface area contributed by atoms with Crippen LogP contribution in [0.25, 0.3) is 0 Å². The van der Waals surface area contributed by atoms with Gasteiger partial charge >= 0.3 is 0 Å². The Kier molecular flexibility index (Phi) is 4.94. The largest absolute Gasteiger partial charge is 0.387 e. The molecule has 1 heterocycles. The van der Waals surface area contributed by atoms with Crippen LogP contribution in [-0.2, 0) is 0 Å². The summed E-state index contributed by atoms with van der Waals surface area (Å²) in [5.74, 6) is 0.507. The van der Waals surface area contributed by atoms with Gasteiger partial charge in [0.05, 0.1) is 5.56 Å². The molecule has 0 saturated carbocycles. The lowest BCUT2D eigenvalue weighted by Crippen LogP contribution is -2.34. The summed E-state index contributed by atoms with van der Waals surface area (Å²) in [6.45, 7) is 7.70. The second-order valence-corrected chi connectivity index (χ2v) is 4.41. The highest BCUT2D eigenvalue weighted by Crippen LogP contribution is 2.15. The Morgan fingerprint density at radius 2 is 2.24 bits per heavy atom. The highest BCUT2D eigenvalue weighted by atomic mass is 16.2. The van der Waals surface area contributed by atoms with E-state index in [0.717, 1.165) is 18.8 Å². The topological polar surface area (TPSA) is 45.2 Å². The second kappa shape index (κ2) is 6.23. The zero-order valence-corrected chi connectivity index (χ0v) is 11.0. The quantitative estimate of drug-likeness (QED) is 0.851. The first-order valence-corrected chi connectivity index (χ1v) is 6.01. The number of aromatic nitrogens is 1. The van der Waals surface area contributed by atoms with Crippen molar-refractivity contribution in [3.05, 3.63) is 24.0 Å². The summed E-state index contributed by atoms with van der Waals surface area (Å²) < 4.78 is 0. The number of anilines is 1. The molecular weight excluding hydrogens is 214 g/mol. The molecule has 0 unspecified atom stereocenters. The van der Waals surface area contributed by atoms with Crippen LogP contribution in [0.15, 0.2) is 18.5 Å². The van der Waals surface area contributed by atoms with Crippen LogP contribution in [-0.4, -0.2) is 35.9 Å². The van der Waals surface area contributed by atoms with Gasteiger partial charge < -0.3 is 10.2 Å². The first kappa shape index (κ1) is 13.5. The van der Waals surface area contributed by atoms with Gasteiger partial charge in [-0.15, -0.1) is 0 Å². The van der Waals surface area contributed by atoms with Crippen molar-refractivity contribution >= 4 is 11.6 Å². The fraction of sp³-hybridized carbons (Fsp3) is 0.538. The van der Waals surface area contributed by atoms with E-state index in [9.17, 15) is 4.79 Å². The van der Waals surface area contributed by atoms with E-state index in [0.29, 0.717) is 11.5 Å². The molecule has 0 atom stereocenters. The van der Waals surface area contributed by atoms with Crippen molar-refractivity contribution in [1.29, 1.82) is 0 Å². The summed E-state index contributed by atoms with van der Waals surface area (Å²) in [6.07, 6.45) is 3.30. The van der Waals surface area contributed by atoms with E-state index in [1.807, 2.05) is 24.9 Å². The first-order valence-electron chi connectivity index (χ1n) is 6.01. The Morgan fingerprint density at radius 3 is 2.76 bits per heavy atom. The molecule has 0 saturated heterocycles. The molecule has 0 bridgehead atoms. The van der Waals surface area contributed by atoms with E-state index >= 15 is 0 Å². The number of pyridine rings is 1. The van der Waals surface area contributed by atoms with Crippen LogP contribution in [0.5, 0.6) is 0 Å². The third-order valence-electron chi connectivity index (χ3n) is 2.58. The van der Waals surface area contributed by atoms with Crippen molar-refractivity contribution < 1.29 is 4.79 Å². The summed E-state index contributed by atoms with van der Waals surface area (Å²) in [7, 11) is 1.81. The first-order chi connectivity index (χ1) is 8.10. The third kappa shape index (κ3) is 3.44. The average molecular weight is 235 g/mol. The summed E-state index contributed by atoms with van der Waals surface area (Å²) in [5.41, 5.74) is 1.46. The minimum absolute atomic E-state index is 0.0404. The number of amides is 1. The van der Waals surface area contributed by atoms with Gasteiger partial charge in [0.2, 0.25) is 0 Å². The van der Waals surface area contributed by atoms with Gasteiger partial charge in [0.15, 0.2) is 0 Å². The van der Waals surface area contributed by atoms with Crippen LogP contribution in [0, 0.1) is 5.92 Å².